The number of aryl methyl sites for hydroxylation is 1. The Labute approximate surface area is 165 Å². The van der Waals surface area contributed by atoms with Gasteiger partial charge in [-0.1, -0.05) is 38.1 Å². The average Bonchev–Trinajstić information content (AvgIpc) is 2.69. The molecule has 0 saturated carbocycles. The minimum Gasteiger partial charge on any atom is -0.295 e. The minimum atomic E-state index is -4.44. The molecule has 1 heterocycles. The summed E-state index contributed by atoms with van der Waals surface area (Å²) in [7, 11) is -1.73. The summed E-state index contributed by atoms with van der Waals surface area (Å²) >= 11 is 0. The first-order valence-corrected chi connectivity index (χ1v) is 10.0. The predicted molar refractivity (Wildman–Crippen MR) is 104 cm³/mol. The molecule has 2 atom stereocenters. The van der Waals surface area contributed by atoms with Crippen molar-refractivity contribution in [2.75, 3.05) is 0 Å². The van der Waals surface area contributed by atoms with E-state index in [1.165, 1.54) is 28.7 Å². The smallest absolute Gasteiger partial charge is 0.295 e. The van der Waals surface area contributed by atoms with Gasteiger partial charge < -0.3 is 0 Å². The highest BCUT2D eigenvalue weighted by molar-refractivity contribution is 7.82. The van der Waals surface area contributed by atoms with Crippen LogP contribution in [0.5, 0.6) is 0 Å². The Morgan fingerprint density at radius 3 is 2.21 bits per heavy atom. The van der Waals surface area contributed by atoms with Gasteiger partial charge in [0.1, 0.15) is 0 Å². The van der Waals surface area contributed by atoms with E-state index in [9.17, 15) is 22.2 Å². The van der Waals surface area contributed by atoms with Crippen molar-refractivity contribution in [2.45, 2.75) is 44.3 Å². The molecule has 7 heteroatoms. The molecule has 0 radical (unpaired) electrons. The average molecular weight is 409 g/mol. The Morgan fingerprint density at radius 1 is 1.04 bits per heavy atom. The second-order valence-electron chi connectivity index (χ2n) is 5.99. The van der Waals surface area contributed by atoms with Gasteiger partial charge in [-0.2, -0.15) is 13.2 Å². The topological polar surface area (TPSA) is 37.4 Å². The number of rotatable bonds is 3. The molecule has 0 aromatic heterocycles. The number of carbonyl (C=O) groups excluding carboxylic acids is 1. The Hall–Kier alpha value is -2.41. The number of benzene rings is 2. The van der Waals surface area contributed by atoms with Crippen LogP contribution in [0.3, 0.4) is 0 Å². The summed E-state index contributed by atoms with van der Waals surface area (Å²) in [6.07, 6.45) is -1.48. The first-order chi connectivity index (χ1) is 13.3. The summed E-state index contributed by atoms with van der Waals surface area (Å²) in [4.78, 5) is 12.1. The van der Waals surface area contributed by atoms with Gasteiger partial charge in [-0.05, 0) is 48.4 Å². The van der Waals surface area contributed by atoms with Gasteiger partial charge in [-0.25, -0.2) is 4.21 Å². The molecule has 28 heavy (non-hydrogen) atoms. The fraction of sp³-hybridized carbons (Fsp3) is 0.286. The Bertz CT molecular complexity index is 876. The highest BCUT2D eigenvalue weighted by Crippen LogP contribution is 2.34. The van der Waals surface area contributed by atoms with E-state index in [4.69, 9.17) is 0 Å². The molecular formula is C21H22F3NO2S. The van der Waals surface area contributed by atoms with E-state index in [0.29, 0.717) is 0 Å². The molecule has 0 amide bonds. The van der Waals surface area contributed by atoms with Crippen LogP contribution in [-0.2, 0) is 22.0 Å². The van der Waals surface area contributed by atoms with Crippen LogP contribution in [0.1, 0.15) is 43.0 Å². The summed E-state index contributed by atoms with van der Waals surface area (Å²) in [6, 6.07) is 11.3. The highest BCUT2D eigenvalue weighted by atomic mass is 32.2. The van der Waals surface area contributed by atoms with Crippen LogP contribution in [0.15, 0.2) is 65.7 Å². The summed E-state index contributed by atoms with van der Waals surface area (Å²) in [5.74, 6) is -0.0843. The normalized spacial score (nSPS) is 17.7. The van der Waals surface area contributed by atoms with E-state index in [-0.39, 0.29) is 17.1 Å². The predicted octanol–water partition coefficient (Wildman–Crippen LogP) is 5.59. The van der Waals surface area contributed by atoms with Crippen molar-refractivity contribution in [1.82, 2.24) is 4.31 Å². The number of allylic oxidation sites excluding steroid dienone is 1. The standard InChI is InChI=1S/C19H16F3NO2S.C2H6/c1-13-4-2-3-5-17(13)18-12-15(24)10-11-23(18)26(25)16-8-6-14(7-9-16)19(20,21)22;1-2/h2-11,18H,12H2,1H3;1-2H3. The molecule has 3 rings (SSSR count). The van der Waals surface area contributed by atoms with Crippen LogP contribution in [0.25, 0.3) is 0 Å². The summed E-state index contributed by atoms with van der Waals surface area (Å²) in [6.45, 7) is 5.90. The number of nitrogens with zero attached hydrogens (tertiary/aromatic N) is 1. The molecule has 0 N–H and O–H groups in total. The van der Waals surface area contributed by atoms with Gasteiger partial charge >= 0.3 is 6.18 Å². The van der Waals surface area contributed by atoms with Crippen molar-refractivity contribution < 1.29 is 22.2 Å². The van der Waals surface area contributed by atoms with Crippen molar-refractivity contribution in [1.29, 1.82) is 0 Å². The van der Waals surface area contributed by atoms with Gasteiger partial charge in [0.25, 0.3) is 0 Å². The molecule has 2 aromatic carbocycles. The molecule has 2 unspecified atom stereocenters. The van der Waals surface area contributed by atoms with E-state index >= 15 is 0 Å². The fourth-order valence-corrected chi connectivity index (χ4v) is 4.07. The fourth-order valence-electron chi connectivity index (χ4n) is 2.87. The molecule has 1 aliphatic rings. The van der Waals surface area contributed by atoms with Gasteiger partial charge in [0.05, 0.1) is 16.5 Å². The van der Waals surface area contributed by atoms with Gasteiger partial charge in [0.2, 0.25) is 0 Å². The number of carbonyl (C=O) groups is 1. The summed E-state index contributed by atoms with van der Waals surface area (Å²) < 4.78 is 52.6. The Morgan fingerprint density at radius 2 is 1.64 bits per heavy atom. The summed E-state index contributed by atoms with van der Waals surface area (Å²) in [5, 5.41) is 0. The third-order valence-corrected chi connectivity index (χ3v) is 5.67. The zero-order valence-corrected chi connectivity index (χ0v) is 16.7. The molecule has 0 aliphatic carbocycles. The second-order valence-corrected chi connectivity index (χ2v) is 7.38. The van der Waals surface area contributed by atoms with E-state index in [1.54, 1.807) is 0 Å². The van der Waals surface area contributed by atoms with Crippen molar-refractivity contribution in [3.63, 3.8) is 0 Å². The SMILES string of the molecule is CC.Cc1ccccc1C1CC(=O)C=CN1S(=O)c1ccc(C(F)(F)F)cc1. The van der Waals surface area contributed by atoms with Crippen LogP contribution >= 0.6 is 0 Å². The van der Waals surface area contributed by atoms with E-state index in [1.807, 2.05) is 45.0 Å². The molecule has 3 nitrogen and oxygen atoms in total. The number of halogens is 3. The Balaban J connectivity index is 0.00000136. The molecule has 1 aliphatic heterocycles. The van der Waals surface area contributed by atoms with Gasteiger partial charge in [0, 0.05) is 12.6 Å². The van der Waals surface area contributed by atoms with E-state index in [0.717, 1.165) is 23.3 Å². The molecule has 0 fully saturated rings. The van der Waals surface area contributed by atoms with Gasteiger partial charge in [-0.15, -0.1) is 0 Å². The second kappa shape index (κ2) is 9.19. The molecule has 0 spiro atoms. The van der Waals surface area contributed by atoms with Crippen molar-refractivity contribution in [3.05, 3.63) is 77.5 Å². The van der Waals surface area contributed by atoms with Crippen molar-refractivity contribution in [3.8, 4) is 0 Å². The number of ketones is 1. The number of hydrogen-bond donors (Lipinski definition) is 0. The zero-order valence-electron chi connectivity index (χ0n) is 15.9. The quantitative estimate of drug-likeness (QED) is 0.662. The van der Waals surface area contributed by atoms with Crippen molar-refractivity contribution >= 4 is 16.8 Å². The maximum absolute atomic E-state index is 13.0. The zero-order chi connectivity index (χ0) is 20.9. The van der Waals surface area contributed by atoms with Crippen molar-refractivity contribution in [2.24, 2.45) is 0 Å². The molecule has 0 saturated heterocycles. The monoisotopic (exact) mass is 409 g/mol. The van der Waals surface area contributed by atoms with Crippen LogP contribution in [0.2, 0.25) is 0 Å². The molecule has 2 aromatic rings. The van der Waals surface area contributed by atoms with Crippen LogP contribution in [0.4, 0.5) is 13.2 Å². The molecular weight excluding hydrogens is 387 g/mol. The van der Waals surface area contributed by atoms with Crippen LogP contribution < -0.4 is 0 Å². The number of alkyl halides is 3. The van der Waals surface area contributed by atoms with Gasteiger partial charge in [0.15, 0.2) is 16.8 Å². The third-order valence-electron chi connectivity index (χ3n) is 4.23. The highest BCUT2D eigenvalue weighted by Gasteiger charge is 2.32. The van der Waals surface area contributed by atoms with Gasteiger partial charge in [-0.3, -0.25) is 9.10 Å². The van der Waals surface area contributed by atoms with Crippen LogP contribution in [0, 0.1) is 6.92 Å². The first-order valence-electron chi connectivity index (χ1n) is 8.91. The minimum absolute atomic E-state index is 0.0843. The first kappa shape index (κ1) is 21.9. The lowest BCUT2D eigenvalue weighted by molar-refractivity contribution is -0.137. The van der Waals surface area contributed by atoms with Crippen LogP contribution in [-0.4, -0.2) is 14.3 Å². The maximum atomic E-state index is 13.0. The van der Waals surface area contributed by atoms with E-state index in [2.05, 4.69) is 0 Å². The molecule has 0 bridgehead atoms. The third kappa shape index (κ3) is 4.90. The maximum Gasteiger partial charge on any atom is 0.416 e. The number of hydrogen-bond acceptors (Lipinski definition) is 2. The lowest BCUT2D eigenvalue weighted by atomic mass is 9.95. The van der Waals surface area contributed by atoms with E-state index < -0.39 is 28.8 Å². The summed E-state index contributed by atoms with van der Waals surface area (Å²) in [5.41, 5.74) is 1.03. The lowest BCUT2D eigenvalue weighted by Crippen LogP contribution is -2.31. The lowest BCUT2D eigenvalue weighted by Gasteiger charge is -2.32. The molecule has 150 valence electrons. The largest absolute Gasteiger partial charge is 0.416 e. The Kier molecular flexibility index (Phi) is 7.18.